The third kappa shape index (κ3) is 4.40. The van der Waals surface area contributed by atoms with Crippen LogP contribution in [0.25, 0.3) is 0 Å². The first-order chi connectivity index (χ1) is 9.15. The van der Waals surface area contributed by atoms with Gasteiger partial charge < -0.3 is 15.8 Å². The third-order valence-corrected chi connectivity index (χ3v) is 3.99. The Balaban J connectivity index is 1.81. The molecule has 1 aliphatic rings. The van der Waals surface area contributed by atoms with E-state index in [4.69, 9.17) is 10.5 Å². The van der Waals surface area contributed by atoms with Crippen molar-refractivity contribution in [3.63, 3.8) is 0 Å². The van der Waals surface area contributed by atoms with Crippen molar-refractivity contribution < 1.29 is 13.9 Å². The maximum absolute atomic E-state index is 13.1. The maximum Gasteiger partial charge on any atom is 0.230 e. The quantitative estimate of drug-likeness (QED) is 0.653. The molecular weight excluding hydrogens is 267 g/mol. The summed E-state index contributed by atoms with van der Waals surface area (Å²) in [5.74, 6) is -0.160. The SMILES string of the molecule is Nc1ccc(F)cc1SCC(=O)NC1CCOCC1. The summed E-state index contributed by atoms with van der Waals surface area (Å²) >= 11 is 1.25. The molecule has 0 bridgehead atoms. The normalized spacial score (nSPS) is 16.3. The highest BCUT2D eigenvalue weighted by Crippen LogP contribution is 2.25. The molecule has 0 saturated carbocycles. The number of halogens is 1. The van der Waals surface area contributed by atoms with Gasteiger partial charge in [0.25, 0.3) is 0 Å². The van der Waals surface area contributed by atoms with E-state index in [0.717, 1.165) is 12.8 Å². The van der Waals surface area contributed by atoms with E-state index in [0.29, 0.717) is 23.8 Å². The fraction of sp³-hybridized carbons (Fsp3) is 0.462. The summed E-state index contributed by atoms with van der Waals surface area (Å²) in [6.45, 7) is 1.38. The highest BCUT2D eigenvalue weighted by molar-refractivity contribution is 8.00. The van der Waals surface area contributed by atoms with Gasteiger partial charge >= 0.3 is 0 Å². The smallest absolute Gasteiger partial charge is 0.230 e. The van der Waals surface area contributed by atoms with Gasteiger partial charge in [0.05, 0.1) is 5.75 Å². The number of carbonyl (C=O) groups is 1. The predicted octanol–water partition coefficient (Wildman–Crippen LogP) is 1.80. The Kier molecular flexibility index (Phi) is 5.04. The van der Waals surface area contributed by atoms with Crippen LogP contribution in [0.1, 0.15) is 12.8 Å². The van der Waals surface area contributed by atoms with Crippen molar-refractivity contribution in [2.75, 3.05) is 24.7 Å². The lowest BCUT2D eigenvalue weighted by Gasteiger charge is -2.23. The Morgan fingerprint density at radius 1 is 1.47 bits per heavy atom. The van der Waals surface area contributed by atoms with Gasteiger partial charge in [-0.05, 0) is 31.0 Å². The van der Waals surface area contributed by atoms with Crippen molar-refractivity contribution >= 4 is 23.4 Å². The zero-order valence-corrected chi connectivity index (χ0v) is 11.3. The number of nitrogen functional groups attached to an aromatic ring is 1. The number of nitrogens with two attached hydrogens (primary N) is 1. The number of nitrogens with one attached hydrogen (secondary N) is 1. The Morgan fingerprint density at radius 2 is 2.21 bits per heavy atom. The number of thioether (sulfide) groups is 1. The van der Waals surface area contributed by atoms with Crippen LogP contribution in [0.3, 0.4) is 0 Å². The largest absolute Gasteiger partial charge is 0.398 e. The Hall–Kier alpha value is -1.27. The minimum absolute atomic E-state index is 0.0550. The molecule has 0 spiro atoms. The van der Waals surface area contributed by atoms with Gasteiger partial charge in [0.15, 0.2) is 0 Å². The van der Waals surface area contributed by atoms with E-state index < -0.39 is 0 Å². The van der Waals surface area contributed by atoms with Gasteiger partial charge in [-0.3, -0.25) is 4.79 Å². The molecule has 2 rings (SSSR count). The summed E-state index contributed by atoms with van der Waals surface area (Å²) in [5.41, 5.74) is 6.22. The number of ether oxygens (including phenoxy) is 1. The number of benzene rings is 1. The Labute approximate surface area is 115 Å². The standard InChI is InChI=1S/C13H17FN2O2S/c14-9-1-2-11(15)12(7-9)19-8-13(17)16-10-3-5-18-6-4-10/h1-2,7,10H,3-6,8,15H2,(H,16,17). The summed E-state index contributed by atoms with van der Waals surface area (Å²) in [5, 5.41) is 2.95. The van der Waals surface area contributed by atoms with E-state index in [2.05, 4.69) is 5.32 Å². The van der Waals surface area contributed by atoms with Crippen LogP contribution in [-0.2, 0) is 9.53 Å². The predicted molar refractivity (Wildman–Crippen MR) is 73.5 cm³/mol. The molecule has 1 amide bonds. The Bertz CT molecular complexity index is 450. The van der Waals surface area contributed by atoms with Gasteiger partial charge in [-0.25, -0.2) is 4.39 Å². The average molecular weight is 284 g/mol. The van der Waals surface area contributed by atoms with E-state index >= 15 is 0 Å². The van der Waals surface area contributed by atoms with E-state index in [1.807, 2.05) is 0 Å². The number of amides is 1. The zero-order valence-electron chi connectivity index (χ0n) is 10.5. The van der Waals surface area contributed by atoms with Crippen LogP contribution in [-0.4, -0.2) is 30.9 Å². The summed E-state index contributed by atoms with van der Waals surface area (Å²) in [6.07, 6.45) is 1.69. The molecule has 0 aromatic heterocycles. The van der Waals surface area contributed by atoms with Crippen LogP contribution >= 0.6 is 11.8 Å². The van der Waals surface area contributed by atoms with Crippen LogP contribution in [0.2, 0.25) is 0 Å². The van der Waals surface area contributed by atoms with Crippen LogP contribution in [0.5, 0.6) is 0 Å². The molecule has 1 fully saturated rings. The average Bonchev–Trinajstić information content (AvgIpc) is 2.41. The molecule has 0 atom stereocenters. The summed E-state index contributed by atoms with van der Waals surface area (Å²) in [6, 6.07) is 4.35. The fourth-order valence-electron chi connectivity index (χ4n) is 1.89. The van der Waals surface area contributed by atoms with Gasteiger partial charge in [-0.2, -0.15) is 0 Å². The first-order valence-corrected chi connectivity index (χ1v) is 7.18. The minimum Gasteiger partial charge on any atom is -0.398 e. The van der Waals surface area contributed by atoms with Crippen molar-refractivity contribution in [1.29, 1.82) is 0 Å². The minimum atomic E-state index is -0.346. The fourth-order valence-corrected chi connectivity index (χ4v) is 2.69. The zero-order chi connectivity index (χ0) is 13.7. The lowest BCUT2D eigenvalue weighted by Crippen LogP contribution is -2.39. The maximum atomic E-state index is 13.1. The lowest BCUT2D eigenvalue weighted by atomic mass is 10.1. The van der Waals surface area contributed by atoms with Crippen molar-refractivity contribution in [1.82, 2.24) is 5.32 Å². The summed E-state index contributed by atoms with van der Waals surface area (Å²) < 4.78 is 18.3. The molecule has 0 unspecified atom stereocenters. The van der Waals surface area contributed by atoms with Gasteiger partial charge in [0, 0.05) is 29.8 Å². The van der Waals surface area contributed by atoms with Gasteiger partial charge in [0.2, 0.25) is 5.91 Å². The molecule has 1 aromatic rings. The molecule has 6 heteroatoms. The van der Waals surface area contributed by atoms with E-state index in [-0.39, 0.29) is 23.5 Å². The van der Waals surface area contributed by atoms with Crippen molar-refractivity contribution in [2.45, 2.75) is 23.8 Å². The molecule has 0 radical (unpaired) electrons. The second-order valence-corrected chi connectivity index (χ2v) is 5.44. The third-order valence-electron chi connectivity index (χ3n) is 2.92. The van der Waals surface area contributed by atoms with Crippen molar-refractivity contribution in [3.8, 4) is 0 Å². The first kappa shape index (κ1) is 14.1. The van der Waals surface area contributed by atoms with Crippen LogP contribution in [0.15, 0.2) is 23.1 Å². The second kappa shape index (κ2) is 6.77. The number of anilines is 1. The monoisotopic (exact) mass is 284 g/mol. The van der Waals surface area contributed by atoms with Crippen LogP contribution < -0.4 is 11.1 Å². The van der Waals surface area contributed by atoms with Crippen LogP contribution in [0, 0.1) is 5.82 Å². The summed E-state index contributed by atoms with van der Waals surface area (Å²) in [4.78, 5) is 12.4. The van der Waals surface area contributed by atoms with Crippen LogP contribution in [0.4, 0.5) is 10.1 Å². The molecule has 19 heavy (non-hydrogen) atoms. The molecule has 1 aromatic carbocycles. The van der Waals surface area contributed by atoms with Gasteiger partial charge in [0.1, 0.15) is 5.82 Å². The Morgan fingerprint density at radius 3 is 2.95 bits per heavy atom. The topological polar surface area (TPSA) is 64.4 Å². The second-order valence-electron chi connectivity index (χ2n) is 4.42. The van der Waals surface area contributed by atoms with Crippen molar-refractivity contribution in [3.05, 3.63) is 24.0 Å². The van der Waals surface area contributed by atoms with E-state index in [1.54, 1.807) is 0 Å². The highest BCUT2D eigenvalue weighted by Gasteiger charge is 2.16. The van der Waals surface area contributed by atoms with E-state index in [9.17, 15) is 9.18 Å². The van der Waals surface area contributed by atoms with E-state index in [1.165, 1.54) is 30.0 Å². The molecule has 104 valence electrons. The number of rotatable bonds is 4. The number of hydrogen-bond acceptors (Lipinski definition) is 4. The van der Waals surface area contributed by atoms with Gasteiger partial charge in [-0.1, -0.05) is 0 Å². The lowest BCUT2D eigenvalue weighted by molar-refractivity contribution is -0.119. The molecule has 1 saturated heterocycles. The molecular formula is C13H17FN2O2S. The highest BCUT2D eigenvalue weighted by atomic mass is 32.2. The number of carbonyl (C=O) groups excluding carboxylic acids is 1. The molecule has 4 nitrogen and oxygen atoms in total. The first-order valence-electron chi connectivity index (χ1n) is 6.20. The molecule has 3 N–H and O–H groups in total. The molecule has 0 aliphatic carbocycles. The molecule has 1 aliphatic heterocycles. The van der Waals surface area contributed by atoms with Gasteiger partial charge in [-0.15, -0.1) is 11.8 Å². The summed E-state index contributed by atoms with van der Waals surface area (Å²) in [7, 11) is 0. The van der Waals surface area contributed by atoms with Crippen molar-refractivity contribution in [2.24, 2.45) is 0 Å². The molecule has 1 heterocycles. The number of hydrogen-bond donors (Lipinski definition) is 2.